The Hall–Kier alpha value is -0.720. The number of carbonyl (C=O) groups is 1. The van der Waals surface area contributed by atoms with Crippen molar-refractivity contribution in [1.82, 2.24) is 5.32 Å². The highest BCUT2D eigenvalue weighted by atomic mass is 31.2. The second-order valence-electron chi connectivity index (χ2n) is 16.4. The van der Waals surface area contributed by atoms with Gasteiger partial charge >= 0.3 is 7.82 Å². The summed E-state index contributed by atoms with van der Waals surface area (Å²) in [5, 5.41) is 13.4. The highest BCUT2D eigenvalue weighted by Gasteiger charge is 2.24. The molecule has 54 heavy (non-hydrogen) atoms. The van der Waals surface area contributed by atoms with Gasteiger partial charge in [-0.05, 0) is 19.3 Å². The van der Waals surface area contributed by atoms with Gasteiger partial charge in [-0.1, -0.05) is 244 Å². The van der Waals surface area contributed by atoms with Crippen molar-refractivity contribution in [3.05, 3.63) is 12.2 Å². The number of aliphatic hydroxyl groups is 1. The lowest BCUT2D eigenvalue weighted by molar-refractivity contribution is -0.123. The van der Waals surface area contributed by atoms with Crippen LogP contribution in [0.1, 0.15) is 258 Å². The molecule has 7 nitrogen and oxygen atoms in total. The third-order valence-electron chi connectivity index (χ3n) is 11.0. The lowest BCUT2D eigenvalue weighted by atomic mass is 10.0. The summed E-state index contributed by atoms with van der Waals surface area (Å²) in [6, 6.07) is -0.904. The Morgan fingerprint density at radius 1 is 0.519 bits per heavy atom. The van der Waals surface area contributed by atoms with E-state index in [1.807, 2.05) is 6.08 Å². The lowest BCUT2D eigenvalue weighted by Gasteiger charge is -2.22. The quantitative estimate of drug-likeness (QED) is 0.0278. The number of carbonyl (C=O) groups excluding carboxylic acids is 1. The van der Waals surface area contributed by atoms with Gasteiger partial charge in [0.1, 0.15) is 0 Å². The second-order valence-corrected chi connectivity index (χ2v) is 17.7. The van der Waals surface area contributed by atoms with Crippen molar-refractivity contribution in [1.29, 1.82) is 0 Å². The normalized spacial score (nSPS) is 13.2. The largest absolute Gasteiger partial charge is 0.469 e. The van der Waals surface area contributed by atoms with Crippen LogP contribution in [0.5, 0.6) is 0 Å². The fraction of sp³-hybridized carbons (Fsp3) is 0.935. The van der Waals surface area contributed by atoms with Crippen LogP contribution in [0.25, 0.3) is 0 Å². The standard InChI is InChI=1S/C46H92NO6P/c1-3-5-7-9-11-13-15-16-17-18-19-20-21-22-23-24-25-26-27-28-29-30-31-32-34-36-38-40-42-46(49)47-44(43-53-54(50,51)52)45(48)41-39-37-35-33-14-12-10-8-6-4-2/h39,41,44-45,48H,3-38,40,42-43H2,1-2H3,(H,47,49)(H2,50,51,52)/b41-39+/t44-,45+/m0/s1. The highest BCUT2D eigenvalue weighted by molar-refractivity contribution is 7.46. The van der Waals surface area contributed by atoms with Gasteiger partial charge in [0, 0.05) is 6.42 Å². The monoisotopic (exact) mass is 786 g/mol. The zero-order valence-electron chi connectivity index (χ0n) is 35.9. The number of phosphoric acid groups is 1. The van der Waals surface area contributed by atoms with E-state index in [-0.39, 0.29) is 5.91 Å². The molecule has 1 amide bonds. The van der Waals surface area contributed by atoms with Crippen molar-refractivity contribution in [2.24, 2.45) is 0 Å². The predicted octanol–water partition coefficient (Wildman–Crippen LogP) is 14.4. The maximum Gasteiger partial charge on any atom is 0.469 e. The van der Waals surface area contributed by atoms with Crippen LogP contribution < -0.4 is 5.32 Å². The lowest BCUT2D eigenvalue weighted by Crippen LogP contribution is -2.45. The van der Waals surface area contributed by atoms with Gasteiger partial charge in [-0.2, -0.15) is 0 Å². The molecule has 0 aromatic carbocycles. The molecule has 0 aromatic heterocycles. The van der Waals surface area contributed by atoms with Gasteiger partial charge in [0.25, 0.3) is 0 Å². The third kappa shape index (κ3) is 42.4. The van der Waals surface area contributed by atoms with Crippen molar-refractivity contribution in [3.63, 3.8) is 0 Å². The molecule has 2 atom stereocenters. The molecule has 0 heterocycles. The van der Waals surface area contributed by atoms with E-state index in [2.05, 4.69) is 23.7 Å². The minimum atomic E-state index is -4.71. The molecule has 0 saturated heterocycles. The van der Waals surface area contributed by atoms with Gasteiger partial charge in [-0.15, -0.1) is 0 Å². The van der Waals surface area contributed by atoms with Crippen LogP contribution in [-0.4, -0.2) is 39.6 Å². The smallest absolute Gasteiger partial charge is 0.387 e. The number of hydrogen-bond acceptors (Lipinski definition) is 4. The van der Waals surface area contributed by atoms with E-state index in [1.54, 1.807) is 6.08 Å². The maximum atomic E-state index is 12.6. The van der Waals surface area contributed by atoms with Crippen LogP contribution in [0.2, 0.25) is 0 Å². The van der Waals surface area contributed by atoms with Gasteiger partial charge < -0.3 is 20.2 Å². The fourth-order valence-corrected chi connectivity index (χ4v) is 7.76. The summed E-state index contributed by atoms with van der Waals surface area (Å²) in [5.41, 5.74) is 0. The van der Waals surface area contributed by atoms with E-state index in [9.17, 15) is 14.5 Å². The molecule has 0 saturated carbocycles. The van der Waals surface area contributed by atoms with E-state index in [1.165, 1.54) is 199 Å². The average Bonchev–Trinajstić information content (AvgIpc) is 3.14. The second kappa shape index (κ2) is 41.9. The van der Waals surface area contributed by atoms with Gasteiger partial charge in [-0.25, -0.2) is 4.57 Å². The summed E-state index contributed by atoms with van der Waals surface area (Å²) in [6.45, 7) is 4.07. The van der Waals surface area contributed by atoms with Crippen LogP contribution in [0.4, 0.5) is 0 Å². The Balaban J connectivity index is 3.68. The first-order valence-corrected chi connectivity index (χ1v) is 25.2. The van der Waals surface area contributed by atoms with Gasteiger partial charge in [0.2, 0.25) is 5.91 Å². The van der Waals surface area contributed by atoms with Crippen LogP contribution in [-0.2, 0) is 13.9 Å². The Morgan fingerprint density at radius 3 is 1.13 bits per heavy atom. The number of hydrogen-bond donors (Lipinski definition) is 4. The van der Waals surface area contributed by atoms with Gasteiger partial charge in [0.05, 0.1) is 18.8 Å². The van der Waals surface area contributed by atoms with Crippen LogP contribution in [0.15, 0.2) is 12.2 Å². The minimum absolute atomic E-state index is 0.223. The first-order valence-electron chi connectivity index (χ1n) is 23.6. The number of nitrogens with one attached hydrogen (secondary N) is 1. The Labute approximate surface area is 335 Å². The Morgan fingerprint density at radius 2 is 0.815 bits per heavy atom. The molecule has 0 rings (SSSR count). The zero-order valence-corrected chi connectivity index (χ0v) is 36.8. The minimum Gasteiger partial charge on any atom is -0.387 e. The molecule has 0 radical (unpaired) electrons. The summed E-state index contributed by atoms with van der Waals surface area (Å²) in [6.07, 6.45) is 51.3. The van der Waals surface area contributed by atoms with Crippen LogP contribution in [0.3, 0.4) is 0 Å². The van der Waals surface area contributed by atoms with E-state index < -0.39 is 26.6 Å². The Kier molecular flexibility index (Phi) is 41.3. The van der Waals surface area contributed by atoms with Crippen molar-refractivity contribution >= 4 is 13.7 Å². The van der Waals surface area contributed by atoms with E-state index >= 15 is 0 Å². The summed E-state index contributed by atoms with van der Waals surface area (Å²) in [7, 11) is -4.71. The third-order valence-corrected chi connectivity index (χ3v) is 11.5. The summed E-state index contributed by atoms with van der Waals surface area (Å²) >= 11 is 0. The maximum absolute atomic E-state index is 12.6. The average molecular weight is 786 g/mol. The molecule has 0 aliphatic rings. The SMILES string of the molecule is CCCCCCCCCC/C=C/[C@@H](O)[C@H](COP(=O)(O)O)NC(=O)CCCCCCCCCCCCCCCCCCCCCCCCCCCCCC. The number of unbranched alkanes of at least 4 members (excludes halogenated alkanes) is 35. The first-order chi connectivity index (χ1) is 26.3. The molecule has 0 aliphatic carbocycles. The molecular weight excluding hydrogens is 693 g/mol. The molecule has 0 spiro atoms. The molecule has 0 bridgehead atoms. The predicted molar refractivity (Wildman–Crippen MR) is 232 cm³/mol. The molecule has 0 aromatic rings. The molecule has 322 valence electrons. The molecule has 0 fully saturated rings. The number of allylic oxidation sites excluding steroid dienone is 1. The number of rotatable bonds is 44. The van der Waals surface area contributed by atoms with Crippen LogP contribution in [0, 0.1) is 0 Å². The van der Waals surface area contributed by atoms with E-state index in [4.69, 9.17) is 9.79 Å². The zero-order chi connectivity index (χ0) is 39.6. The van der Waals surface area contributed by atoms with Crippen molar-refractivity contribution < 1.29 is 28.8 Å². The molecular formula is C46H92NO6P. The molecule has 0 aliphatic heterocycles. The number of phosphoric ester groups is 1. The van der Waals surface area contributed by atoms with E-state index in [0.29, 0.717) is 6.42 Å². The first kappa shape index (κ1) is 53.3. The van der Waals surface area contributed by atoms with Gasteiger partial charge in [-0.3, -0.25) is 9.32 Å². The van der Waals surface area contributed by atoms with E-state index in [0.717, 1.165) is 38.5 Å². The molecule has 8 heteroatoms. The summed E-state index contributed by atoms with van der Waals surface area (Å²) in [5.74, 6) is -0.223. The van der Waals surface area contributed by atoms with Gasteiger partial charge in [0.15, 0.2) is 0 Å². The fourth-order valence-electron chi connectivity index (χ4n) is 7.40. The van der Waals surface area contributed by atoms with Crippen LogP contribution >= 0.6 is 7.82 Å². The topological polar surface area (TPSA) is 116 Å². The molecule has 0 unspecified atom stereocenters. The summed E-state index contributed by atoms with van der Waals surface area (Å²) in [4.78, 5) is 30.9. The Bertz CT molecular complexity index is 849. The van der Waals surface area contributed by atoms with Crippen molar-refractivity contribution in [2.45, 2.75) is 270 Å². The summed E-state index contributed by atoms with van der Waals surface area (Å²) < 4.78 is 15.9. The van der Waals surface area contributed by atoms with Crippen molar-refractivity contribution in [2.75, 3.05) is 6.61 Å². The number of aliphatic hydroxyl groups excluding tert-OH is 1. The highest BCUT2D eigenvalue weighted by Crippen LogP contribution is 2.36. The van der Waals surface area contributed by atoms with Crippen molar-refractivity contribution in [3.8, 4) is 0 Å². The number of amides is 1. The molecule has 4 N–H and O–H groups in total.